The van der Waals surface area contributed by atoms with Crippen LogP contribution in [0.25, 0.3) is 22.4 Å². The molecule has 0 bridgehead atoms. The molecule has 0 spiro atoms. The number of nitrogen functional groups attached to an aromatic ring is 1. The highest BCUT2D eigenvalue weighted by atomic mass is 15.1. The first-order valence-corrected chi connectivity index (χ1v) is 7.38. The van der Waals surface area contributed by atoms with Crippen LogP contribution in [0.15, 0.2) is 42.5 Å². The summed E-state index contributed by atoms with van der Waals surface area (Å²) < 4.78 is 2.30. The Bertz CT molecular complexity index is 784. The standard InChI is InChI=1S/C18H21N3/c1-12(2)11-21-17-7-5-4-6-16(17)20-18(21)14-9-8-13(3)15(19)10-14/h4-10,12H,11,19H2,1-3H3. The van der Waals surface area contributed by atoms with E-state index in [1.165, 1.54) is 5.52 Å². The summed E-state index contributed by atoms with van der Waals surface area (Å²) >= 11 is 0. The molecule has 2 N–H and O–H groups in total. The van der Waals surface area contributed by atoms with Crippen LogP contribution in [0.2, 0.25) is 0 Å². The Kier molecular flexibility index (Phi) is 3.42. The van der Waals surface area contributed by atoms with Crippen molar-refractivity contribution in [2.24, 2.45) is 5.92 Å². The van der Waals surface area contributed by atoms with Gasteiger partial charge in [0.15, 0.2) is 0 Å². The van der Waals surface area contributed by atoms with E-state index >= 15 is 0 Å². The summed E-state index contributed by atoms with van der Waals surface area (Å²) in [5.74, 6) is 1.56. The van der Waals surface area contributed by atoms with Gasteiger partial charge in [0.1, 0.15) is 5.82 Å². The van der Waals surface area contributed by atoms with E-state index in [4.69, 9.17) is 10.7 Å². The molecule has 21 heavy (non-hydrogen) atoms. The molecule has 0 aliphatic carbocycles. The van der Waals surface area contributed by atoms with Crippen LogP contribution in [0, 0.1) is 12.8 Å². The van der Waals surface area contributed by atoms with Crippen molar-refractivity contribution < 1.29 is 0 Å². The summed E-state index contributed by atoms with van der Waals surface area (Å²) in [5.41, 5.74) is 11.3. The third-order valence-corrected chi connectivity index (χ3v) is 3.74. The van der Waals surface area contributed by atoms with E-state index in [-0.39, 0.29) is 0 Å². The van der Waals surface area contributed by atoms with Crippen LogP contribution in [0.4, 0.5) is 5.69 Å². The van der Waals surface area contributed by atoms with Gasteiger partial charge in [-0.3, -0.25) is 0 Å². The zero-order chi connectivity index (χ0) is 15.0. The minimum absolute atomic E-state index is 0.559. The van der Waals surface area contributed by atoms with E-state index in [2.05, 4.69) is 48.7 Å². The number of nitrogens with zero attached hydrogens (tertiary/aromatic N) is 2. The number of nitrogens with two attached hydrogens (primary N) is 1. The zero-order valence-electron chi connectivity index (χ0n) is 12.8. The Balaban J connectivity index is 2.22. The number of imidazole rings is 1. The van der Waals surface area contributed by atoms with Gasteiger partial charge in [-0.15, -0.1) is 0 Å². The van der Waals surface area contributed by atoms with Crippen LogP contribution in [0.1, 0.15) is 19.4 Å². The second kappa shape index (κ2) is 5.24. The second-order valence-corrected chi connectivity index (χ2v) is 6.00. The first kappa shape index (κ1) is 13.7. The third-order valence-electron chi connectivity index (χ3n) is 3.74. The summed E-state index contributed by atoms with van der Waals surface area (Å²) in [5, 5.41) is 0. The smallest absolute Gasteiger partial charge is 0.141 e. The lowest BCUT2D eigenvalue weighted by atomic mass is 10.1. The molecule has 0 aliphatic heterocycles. The fraction of sp³-hybridized carbons (Fsp3) is 0.278. The molecular formula is C18H21N3. The SMILES string of the molecule is Cc1ccc(-c2nc3ccccc3n2CC(C)C)cc1N. The Hall–Kier alpha value is -2.29. The highest BCUT2D eigenvalue weighted by molar-refractivity contribution is 5.81. The predicted octanol–water partition coefficient (Wildman–Crippen LogP) is 4.25. The first-order valence-electron chi connectivity index (χ1n) is 7.38. The number of hydrogen-bond acceptors (Lipinski definition) is 2. The highest BCUT2D eigenvalue weighted by Crippen LogP contribution is 2.28. The van der Waals surface area contributed by atoms with E-state index in [1.54, 1.807) is 0 Å². The lowest BCUT2D eigenvalue weighted by molar-refractivity contribution is 0.536. The maximum Gasteiger partial charge on any atom is 0.141 e. The van der Waals surface area contributed by atoms with E-state index in [1.807, 2.05) is 19.1 Å². The Labute approximate surface area is 125 Å². The highest BCUT2D eigenvalue weighted by Gasteiger charge is 2.13. The van der Waals surface area contributed by atoms with Crippen molar-refractivity contribution in [3.63, 3.8) is 0 Å². The Morgan fingerprint density at radius 2 is 1.90 bits per heavy atom. The molecule has 0 saturated heterocycles. The van der Waals surface area contributed by atoms with Crippen molar-refractivity contribution in [1.29, 1.82) is 0 Å². The number of hydrogen-bond donors (Lipinski definition) is 1. The van der Waals surface area contributed by atoms with E-state index in [9.17, 15) is 0 Å². The van der Waals surface area contributed by atoms with Gasteiger partial charge >= 0.3 is 0 Å². The van der Waals surface area contributed by atoms with Crippen molar-refractivity contribution >= 4 is 16.7 Å². The molecular weight excluding hydrogens is 258 g/mol. The summed E-state index contributed by atoms with van der Waals surface area (Å²) in [7, 11) is 0. The largest absolute Gasteiger partial charge is 0.398 e. The van der Waals surface area contributed by atoms with Gasteiger partial charge in [0.05, 0.1) is 11.0 Å². The molecule has 3 heteroatoms. The van der Waals surface area contributed by atoms with E-state index in [0.29, 0.717) is 5.92 Å². The number of rotatable bonds is 3. The van der Waals surface area contributed by atoms with Gasteiger partial charge in [-0.1, -0.05) is 38.1 Å². The molecule has 0 aliphatic rings. The molecule has 0 saturated carbocycles. The zero-order valence-corrected chi connectivity index (χ0v) is 12.8. The van der Waals surface area contributed by atoms with Crippen molar-refractivity contribution in [1.82, 2.24) is 9.55 Å². The minimum atomic E-state index is 0.559. The molecule has 3 nitrogen and oxygen atoms in total. The van der Waals surface area contributed by atoms with Gasteiger partial charge in [0.2, 0.25) is 0 Å². The van der Waals surface area contributed by atoms with Gasteiger partial charge < -0.3 is 10.3 Å². The molecule has 1 aromatic heterocycles. The molecule has 108 valence electrons. The van der Waals surface area contributed by atoms with Crippen LogP contribution in [-0.4, -0.2) is 9.55 Å². The molecule has 0 fully saturated rings. The third kappa shape index (κ3) is 2.51. The summed E-state index contributed by atoms with van der Waals surface area (Å²) in [6.07, 6.45) is 0. The van der Waals surface area contributed by atoms with Crippen molar-refractivity contribution in [2.75, 3.05) is 5.73 Å². The molecule has 0 amide bonds. The maximum absolute atomic E-state index is 6.07. The fourth-order valence-electron chi connectivity index (χ4n) is 2.63. The average Bonchev–Trinajstić information content (AvgIpc) is 2.80. The topological polar surface area (TPSA) is 43.8 Å². The number of fused-ring (bicyclic) bond motifs is 1. The molecule has 1 heterocycles. The quantitative estimate of drug-likeness (QED) is 0.728. The number of aryl methyl sites for hydroxylation is 1. The van der Waals surface area contributed by atoms with Gasteiger partial charge in [-0.05, 0) is 36.6 Å². The number of para-hydroxylation sites is 2. The van der Waals surface area contributed by atoms with Crippen LogP contribution in [0.3, 0.4) is 0 Å². The summed E-state index contributed by atoms with van der Waals surface area (Å²) in [6, 6.07) is 14.5. The molecule has 0 radical (unpaired) electrons. The van der Waals surface area contributed by atoms with Crippen LogP contribution < -0.4 is 5.73 Å². The minimum Gasteiger partial charge on any atom is -0.398 e. The lowest BCUT2D eigenvalue weighted by Crippen LogP contribution is -2.06. The lowest BCUT2D eigenvalue weighted by Gasteiger charge is -2.12. The second-order valence-electron chi connectivity index (χ2n) is 6.00. The van der Waals surface area contributed by atoms with E-state index < -0.39 is 0 Å². The molecule has 3 aromatic rings. The first-order chi connectivity index (χ1) is 10.1. The van der Waals surface area contributed by atoms with Crippen molar-refractivity contribution in [2.45, 2.75) is 27.3 Å². The Morgan fingerprint density at radius 3 is 2.62 bits per heavy atom. The van der Waals surface area contributed by atoms with Gasteiger partial charge in [-0.25, -0.2) is 4.98 Å². The van der Waals surface area contributed by atoms with Crippen LogP contribution in [-0.2, 0) is 6.54 Å². The number of benzene rings is 2. The Morgan fingerprint density at radius 1 is 1.14 bits per heavy atom. The average molecular weight is 279 g/mol. The predicted molar refractivity (Wildman–Crippen MR) is 89.2 cm³/mol. The molecule has 2 aromatic carbocycles. The van der Waals surface area contributed by atoms with Gasteiger partial charge in [0.25, 0.3) is 0 Å². The molecule has 0 unspecified atom stereocenters. The van der Waals surface area contributed by atoms with Gasteiger partial charge in [0, 0.05) is 17.8 Å². The molecule has 3 rings (SSSR count). The maximum atomic E-state index is 6.07. The van der Waals surface area contributed by atoms with Crippen molar-refractivity contribution in [3.05, 3.63) is 48.0 Å². The monoisotopic (exact) mass is 279 g/mol. The van der Waals surface area contributed by atoms with Crippen molar-refractivity contribution in [3.8, 4) is 11.4 Å². The number of anilines is 1. The summed E-state index contributed by atoms with van der Waals surface area (Å²) in [4.78, 5) is 4.81. The number of aromatic nitrogens is 2. The van der Waals surface area contributed by atoms with E-state index in [0.717, 1.165) is 34.7 Å². The van der Waals surface area contributed by atoms with Gasteiger partial charge in [-0.2, -0.15) is 0 Å². The van der Waals surface area contributed by atoms with Crippen LogP contribution >= 0.6 is 0 Å². The van der Waals surface area contributed by atoms with Crippen LogP contribution in [0.5, 0.6) is 0 Å². The molecule has 0 atom stereocenters. The fourth-order valence-corrected chi connectivity index (χ4v) is 2.63. The normalized spacial score (nSPS) is 11.4. The summed E-state index contributed by atoms with van der Waals surface area (Å²) in [6.45, 7) is 7.42.